The number of halogens is 1. The van der Waals surface area contributed by atoms with E-state index in [4.69, 9.17) is 11.6 Å². The van der Waals surface area contributed by atoms with Gasteiger partial charge in [-0.3, -0.25) is 9.59 Å². The molecule has 2 heterocycles. The van der Waals surface area contributed by atoms with Crippen LogP contribution in [-0.4, -0.2) is 37.8 Å². The van der Waals surface area contributed by atoms with Crippen LogP contribution in [0.3, 0.4) is 0 Å². The van der Waals surface area contributed by atoms with Crippen LogP contribution >= 0.6 is 11.6 Å². The standard InChI is InChI=1S/C26H29ClN4O2/c1-17-9-3-6-12-20(17)29-25(33)26(2)16-30-22-14-8-7-13-21(22)28-23(30)24(32)31(26)15-18-10-4-5-11-19(18)27/h4-5,7-8,10-11,13-14,17,20H,3,6,9,12,15-16H2,1-2H3,(H,29,33)/t17-,20+,26+/m1/s1. The fraction of sp³-hybridized carbons (Fsp3) is 0.423. The molecule has 1 aromatic heterocycles. The monoisotopic (exact) mass is 464 g/mol. The molecule has 0 bridgehead atoms. The van der Waals surface area contributed by atoms with E-state index in [1.807, 2.05) is 60.0 Å². The highest BCUT2D eigenvalue weighted by Gasteiger charge is 2.49. The average Bonchev–Trinajstić information content (AvgIpc) is 3.18. The molecule has 7 heteroatoms. The molecule has 2 aromatic carbocycles. The quantitative estimate of drug-likeness (QED) is 0.603. The van der Waals surface area contributed by atoms with Gasteiger partial charge in [-0.15, -0.1) is 0 Å². The van der Waals surface area contributed by atoms with E-state index in [0.29, 0.717) is 23.3 Å². The van der Waals surface area contributed by atoms with Crippen molar-refractivity contribution < 1.29 is 9.59 Å². The van der Waals surface area contributed by atoms with Crippen LogP contribution < -0.4 is 5.32 Å². The van der Waals surface area contributed by atoms with E-state index in [2.05, 4.69) is 17.2 Å². The first-order valence-corrected chi connectivity index (χ1v) is 12.1. The van der Waals surface area contributed by atoms with Gasteiger partial charge in [0, 0.05) is 17.6 Å². The molecule has 2 amide bonds. The molecule has 1 saturated carbocycles. The summed E-state index contributed by atoms with van der Waals surface area (Å²) in [6.45, 7) is 4.64. The molecule has 6 nitrogen and oxygen atoms in total. The Morgan fingerprint density at radius 3 is 2.67 bits per heavy atom. The lowest BCUT2D eigenvalue weighted by molar-refractivity contribution is -0.134. The normalized spacial score (nSPS) is 25.2. The Morgan fingerprint density at radius 2 is 1.88 bits per heavy atom. The first-order chi connectivity index (χ1) is 15.9. The van der Waals surface area contributed by atoms with Crippen LogP contribution in [0, 0.1) is 5.92 Å². The molecule has 0 unspecified atom stereocenters. The smallest absolute Gasteiger partial charge is 0.291 e. The lowest BCUT2D eigenvalue weighted by Gasteiger charge is -2.45. The maximum absolute atomic E-state index is 13.9. The number of aromatic nitrogens is 2. The molecule has 0 radical (unpaired) electrons. The van der Waals surface area contributed by atoms with Gasteiger partial charge in [-0.25, -0.2) is 4.98 Å². The van der Waals surface area contributed by atoms with Crippen LogP contribution in [0.4, 0.5) is 0 Å². The predicted molar refractivity (Wildman–Crippen MR) is 129 cm³/mol. The molecule has 33 heavy (non-hydrogen) atoms. The van der Waals surface area contributed by atoms with Crippen molar-refractivity contribution in [1.82, 2.24) is 19.8 Å². The van der Waals surface area contributed by atoms with Gasteiger partial charge in [0.15, 0.2) is 5.82 Å². The molecule has 5 rings (SSSR count). The SMILES string of the molecule is C[C@@H]1CCCC[C@@H]1NC(=O)[C@]1(C)Cn2c(nc3ccccc32)C(=O)N1Cc1ccccc1Cl. The molecule has 0 saturated heterocycles. The Hall–Kier alpha value is -2.86. The molecule has 3 aromatic rings. The minimum absolute atomic E-state index is 0.120. The number of nitrogens with zero attached hydrogens (tertiary/aromatic N) is 3. The third-order valence-corrected chi connectivity index (χ3v) is 7.72. The van der Waals surface area contributed by atoms with Gasteiger partial charge < -0.3 is 14.8 Å². The lowest BCUT2D eigenvalue weighted by Crippen LogP contribution is -2.65. The number of carbonyl (C=O) groups is 2. The van der Waals surface area contributed by atoms with Crippen molar-refractivity contribution in [2.45, 2.75) is 64.2 Å². The maximum atomic E-state index is 13.9. The van der Waals surface area contributed by atoms with Gasteiger partial charge in [-0.05, 0) is 49.4 Å². The average molecular weight is 465 g/mol. The molecule has 172 valence electrons. The fourth-order valence-corrected chi connectivity index (χ4v) is 5.42. The second kappa shape index (κ2) is 8.49. The number of hydrogen-bond donors (Lipinski definition) is 1. The van der Waals surface area contributed by atoms with Gasteiger partial charge in [0.1, 0.15) is 5.54 Å². The second-order valence-corrected chi connectivity index (χ2v) is 10.0. The number of amides is 2. The van der Waals surface area contributed by atoms with Crippen molar-refractivity contribution in [3.05, 3.63) is 64.9 Å². The predicted octanol–water partition coefficient (Wildman–Crippen LogP) is 4.80. The molecule has 1 aliphatic carbocycles. The largest absolute Gasteiger partial charge is 0.351 e. The zero-order valence-electron chi connectivity index (χ0n) is 19.1. The molecule has 1 N–H and O–H groups in total. The third kappa shape index (κ3) is 3.80. The van der Waals surface area contributed by atoms with E-state index in [0.717, 1.165) is 35.9 Å². The Balaban J connectivity index is 1.56. The number of hydrogen-bond acceptors (Lipinski definition) is 3. The van der Waals surface area contributed by atoms with Gasteiger partial charge in [0.2, 0.25) is 5.91 Å². The number of imidazole rings is 1. The van der Waals surface area contributed by atoms with Crippen molar-refractivity contribution >= 4 is 34.4 Å². The van der Waals surface area contributed by atoms with Crippen LogP contribution in [0.5, 0.6) is 0 Å². The molecule has 0 spiro atoms. The van der Waals surface area contributed by atoms with Crippen LogP contribution in [0.1, 0.15) is 55.7 Å². The topological polar surface area (TPSA) is 67.2 Å². The van der Waals surface area contributed by atoms with Crippen molar-refractivity contribution in [3.63, 3.8) is 0 Å². The molecule has 1 aliphatic heterocycles. The number of benzene rings is 2. The molecular weight excluding hydrogens is 436 g/mol. The zero-order chi connectivity index (χ0) is 23.2. The summed E-state index contributed by atoms with van der Waals surface area (Å²) in [7, 11) is 0. The fourth-order valence-electron chi connectivity index (χ4n) is 5.23. The summed E-state index contributed by atoms with van der Waals surface area (Å²) in [5.74, 6) is 0.406. The zero-order valence-corrected chi connectivity index (χ0v) is 19.8. The summed E-state index contributed by atoms with van der Waals surface area (Å²) in [5, 5.41) is 3.88. The van der Waals surface area contributed by atoms with Crippen molar-refractivity contribution in [2.24, 2.45) is 5.92 Å². The van der Waals surface area contributed by atoms with Gasteiger partial charge in [-0.2, -0.15) is 0 Å². The van der Waals surface area contributed by atoms with E-state index >= 15 is 0 Å². The minimum atomic E-state index is -1.08. The summed E-state index contributed by atoms with van der Waals surface area (Å²) in [6, 6.07) is 15.3. The Labute approximate surface area is 198 Å². The highest BCUT2D eigenvalue weighted by Crippen LogP contribution is 2.34. The summed E-state index contributed by atoms with van der Waals surface area (Å²) in [5.41, 5.74) is 1.35. The second-order valence-electron chi connectivity index (χ2n) is 9.61. The number of rotatable bonds is 4. The third-order valence-electron chi connectivity index (χ3n) is 7.36. The van der Waals surface area contributed by atoms with Crippen molar-refractivity contribution in [2.75, 3.05) is 0 Å². The Morgan fingerprint density at radius 1 is 1.15 bits per heavy atom. The van der Waals surface area contributed by atoms with Crippen LogP contribution in [0.2, 0.25) is 5.02 Å². The number of carbonyl (C=O) groups excluding carboxylic acids is 2. The van der Waals surface area contributed by atoms with Gasteiger partial charge in [0.25, 0.3) is 5.91 Å². The van der Waals surface area contributed by atoms with Gasteiger partial charge >= 0.3 is 0 Å². The minimum Gasteiger partial charge on any atom is -0.351 e. The van der Waals surface area contributed by atoms with Crippen molar-refractivity contribution in [1.29, 1.82) is 0 Å². The van der Waals surface area contributed by atoms with Crippen molar-refractivity contribution in [3.8, 4) is 0 Å². The number of fused-ring (bicyclic) bond motifs is 3. The summed E-state index contributed by atoms with van der Waals surface area (Å²) < 4.78 is 1.89. The first kappa shape index (κ1) is 22.0. The molecular formula is C26H29ClN4O2. The summed E-state index contributed by atoms with van der Waals surface area (Å²) in [6.07, 6.45) is 4.40. The highest BCUT2D eigenvalue weighted by molar-refractivity contribution is 6.31. The Bertz CT molecular complexity index is 1220. The maximum Gasteiger partial charge on any atom is 0.291 e. The Kier molecular flexibility index (Phi) is 5.65. The van der Waals surface area contributed by atoms with Crippen LogP contribution in [0.15, 0.2) is 48.5 Å². The highest BCUT2D eigenvalue weighted by atomic mass is 35.5. The summed E-state index contributed by atoms with van der Waals surface area (Å²) in [4.78, 5) is 33.9. The lowest BCUT2D eigenvalue weighted by atomic mass is 9.85. The van der Waals surface area contributed by atoms with E-state index in [-0.39, 0.29) is 24.4 Å². The molecule has 2 aliphatic rings. The van der Waals surface area contributed by atoms with Gasteiger partial charge in [-0.1, -0.05) is 61.7 Å². The molecule has 1 fully saturated rings. The van der Waals surface area contributed by atoms with E-state index in [9.17, 15) is 9.59 Å². The van der Waals surface area contributed by atoms with Crippen LogP contribution in [0.25, 0.3) is 11.0 Å². The van der Waals surface area contributed by atoms with E-state index in [1.165, 1.54) is 6.42 Å². The first-order valence-electron chi connectivity index (χ1n) is 11.7. The number of nitrogens with one attached hydrogen (secondary N) is 1. The van der Waals surface area contributed by atoms with Gasteiger partial charge in [0.05, 0.1) is 17.6 Å². The van der Waals surface area contributed by atoms with E-state index < -0.39 is 5.54 Å². The van der Waals surface area contributed by atoms with E-state index in [1.54, 1.807) is 4.90 Å². The molecule has 3 atom stereocenters. The summed E-state index contributed by atoms with van der Waals surface area (Å²) >= 11 is 6.44. The number of para-hydroxylation sites is 2. The van der Waals surface area contributed by atoms with Crippen LogP contribution in [-0.2, 0) is 17.9 Å².